The molecule has 1 saturated heterocycles. The second kappa shape index (κ2) is 9.56. The molecule has 0 radical (unpaired) electrons. The van der Waals surface area contributed by atoms with Crippen LogP contribution < -0.4 is 15.4 Å². The van der Waals surface area contributed by atoms with Crippen LogP contribution in [0.4, 0.5) is 5.69 Å². The number of hydrogen-bond donors (Lipinski definition) is 2. The number of hydrogen-bond acceptors (Lipinski definition) is 5. The summed E-state index contributed by atoms with van der Waals surface area (Å²) in [6.07, 6.45) is 2.28. The molecule has 2 aromatic carbocycles. The number of carbonyl (C=O) groups is 1. The van der Waals surface area contributed by atoms with E-state index in [0.717, 1.165) is 42.7 Å². The number of nitrogens with zero attached hydrogens (tertiary/aromatic N) is 2. The minimum absolute atomic E-state index is 0.0570. The number of rotatable bonds is 7. The molecule has 0 spiro atoms. The number of nitrogens with one attached hydrogen (secondary N) is 1. The third-order valence-electron chi connectivity index (χ3n) is 5.24. The van der Waals surface area contributed by atoms with E-state index >= 15 is 0 Å². The van der Waals surface area contributed by atoms with Crippen molar-refractivity contribution in [3.05, 3.63) is 59.7 Å². The van der Waals surface area contributed by atoms with E-state index in [-0.39, 0.29) is 18.6 Å². The molecule has 0 aliphatic carbocycles. The van der Waals surface area contributed by atoms with Crippen molar-refractivity contribution in [2.24, 2.45) is 5.73 Å². The Kier molecular flexibility index (Phi) is 6.88. The van der Waals surface area contributed by atoms with Gasteiger partial charge in [0.25, 0.3) is 0 Å². The highest BCUT2D eigenvalue weighted by Gasteiger charge is 2.17. The van der Waals surface area contributed by atoms with Crippen molar-refractivity contribution in [1.82, 2.24) is 4.90 Å². The largest absolute Gasteiger partial charge is 0.425 e. The van der Waals surface area contributed by atoms with E-state index in [1.165, 1.54) is 0 Å². The molecule has 1 aliphatic heterocycles. The van der Waals surface area contributed by atoms with Gasteiger partial charge in [-0.15, -0.1) is 0 Å². The molecule has 0 aromatic heterocycles. The smallest absolute Gasteiger partial charge is 0.330 e. The topological polar surface area (TPSA) is 82.7 Å². The van der Waals surface area contributed by atoms with Crippen LogP contribution >= 0.6 is 0 Å². The van der Waals surface area contributed by atoms with Crippen LogP contribution in [0.3, 0.4) is 0 Å². The molecule has 6 heteroatoms. The van der Waals surface area contributed by atoms with Gasteiger partial charge in [-0.05, 0) is 68.7 Å². The Bertz CT molecular complexity index is 842. The molecule has 1 heterocycles. The lowest BCUT2D eigenvalue weighted by Gasteiger charge is -2.23. The second-order valence-corrected chi connectivity index (χ2v) is 7.44. The van der Waals surface area contributed by atoms with E-state index in [9.17, 15) is 4.79 Å². The number of likely N-dealkylation sites (tertiary alicyclic amines) is 1. The fraction of sp³-hybridized carbons (Fsp3) is 0.391. The van der Waals surface area contributed by atoms with Crippen molar-refractivity contribution in [1.29, 1.82) is 5.41 Å². The average Bonchev–Trinajstić information content (AvgIpc) is 3.27. The van der Waals surface area contributed by atoms with Crippen molar-refractivity contribution in [3.63, 3.8) is 0 Å². The maximum absolute atomic E-state index is 12.5. The van der Waals surface area contributed by atoms with Crippen molar-refractivity contribution >= 4 is 17.5 Å². The molecule has 1 atom stereocenters. The lowest BCUT2D eigenvalue weighted by Crippen LogP contribution is -2.32. The fourth-order valence-corrected chi connectivity index (χ4v) is 3.51. The first kappa shape index (κ1) is 20.9. The number of likely N-dealkylation sites (N-methyl/N-ethyl adjacent to an activating group) is 1. The lowest BCUT2D eigenvalue weighted by atomic mass is 10.1. The molecular formula is C23H30N4O2. The zero-order valence-electron chi connectivity index (χ0n) is 17.2. The quantitative estimate of drug-likeness (QED) is 0.325. The number of nitrogens with two attached hydrogens (primary N) is 1. The molecule has 2 aromatic rings. The van der Waals surface area contributed by atoms with E-state index in [1.54, 1.807) is 12.1 Å². The normalized spacial score (nSPS) is 14.5. The van der Waals surface area contributed by atoms with Gasteiger partial charge in [0.1, 0.15) is 18.1 Å². The Morgan fingerprint density at radius 3 is 2.52 bits per heavy atom. The Morgan fingerprint density at radius 2 is 1.90 bits per heavy atom. The minimum Gasteiger partial charge on any atom is -0.425 e. The first-order valence-electron chi connectivity index (χ1n) is 10.2. The van der Waals surface area contributed by atoms with Crippen LogP contribution in [0.2, 0.25) is 0 Å². The molecule has 0 saturated carbocycles. The van der Waals surface area contributed by atoms with Crippen LogP contribution in [-0.4, -0.2) is 42.9 Å². The molecule has 1 aliphatic rings. The highest BCUT2D eigenvalue weighted by molar-refractivity contribution is 5.96. The predicted molar refractivity (Wildman–Crippen MR) is 117 cm³/mol. The Morgan fingerprint density at radius 1 is 1.21 bits per heavy atom. The SMILES string of the molecule is CCN(CC(=O)Oc1ccc(C(=N)N2CCCC2)cc1)c1cccc(C(C)N)c1. The number of anilines is 1. The second-order valence-electron chi connectivity index (χ2n) is 7.44. The van der Waals surface area contributed by atoms with Gasteiger partial charge in [-0.25, -0.2) is 4.79 Å². The van der Waals surface area contributed by atoms with E-state index in [4.69, 9.17) is 15.9 Å². The maximum Gasteiger partial charge on any atom is 0.330 e. The molecule has 0 amide bonds. The van der Waals surface area contributed by atoms with E-state index in [1.807, 2.05) is 55.1 Å². The Balaban J connectivity index is 1.60. The number of esters is 1. The molecule has 154 valence electrons. The molecule has 0 bridgehead atoms. The van der Waals surface area contributed by atoms with Gasteiger partial charge in [0.05, 0.1) is 0 Å². The minimum atomic E-state index is -0.319. The van der Waals surface area contributed by atoms with Crippen molar-refractivity contribution in [2.45, 2.75) is 32.7 Å². The number of carbonyl (C=O) groups excluding carboxylic acids is 1. The summed E-state index contributed by atoms with van der Waals surface area (Å²) in [5, 5.41) is 8.30. The number of amidine groups is 1. The standard InChI is InChI=1S/C23H30N4O2/c1-3-26(20-8-6-7-19(15-20)17(2)24)16-22(28)29-21-11-9-18(10-12-21)23(25)27-13-4-5-14-27/h6-12,15,17,25H,3-5,13-14,16,24H2,1-2H3. The van der Waals surface area contributed by atoms with Crippen LogP contribution in [0.1, 0.15) is 43.9 Å². The van der Waals surface area contributed by atoms with Gasteiger partial charge in [-0.3, -0.25) is 5.41 Å². The molecular weight excluding hydrogens is 364 g/mol. The van der Waals surface area contributed by atoms with Gasteiger partial charge in [-0.2, -0.15) is 0 Å². The highest BCUT2D eigenvalue weighted by Crippen LogP contribution is 2.20. The van der Waals surface area contributed by atoms with Gasteiger partial charge in [0.15, 0.2) is 0 Å². The molecule has 1 fully saturated rings. The van der Waals surface area contributed by atoms with Gasteiger partial charge < -0.3 is 20.3 Å². The van der Waals surface area contributed by atoms with Crippen molar-refractivity contribution in [2.75, 3.05) is 31.1 Å². The third-order valence-corrected chi connectivity index (χ3v) is 5.24. The average molecular weight is 395 g/mol. The summed E-state index contributed by atoms with van der Waals surface area (Å²) in [5.74, 6) is 0.709. The van der Waals surface area contributed by atoms with Crippen molar-refractivity contribution < 1.29 is 9.53 Å². The van der Waals surface area contributed by atoms with Crippen LogP contribution in [0, 0.1) is 5.41 Å². The van der Waals surface area contributed by atoms with Gasteiger partial charge in [-0.1, -0.05) is 12.1 Å². The maximum atomic E-state index is 12.5. The first-order valence-corrected chi connectivity index (χ1v) is 10.2. The fourth-order valence-electron chi connectivity index (χ4n) is 3.51. The van der Waals surface area contributed by atoms with Crippen LogP contribution in [-0.2, 0) is 4.79 Å². The van der Waals surface area contributed by atoms with Gasteiger partial charge in [0.2, 0.25) is 0 Å². The summed E-state index contributed by atoms with van der Waals surface area (Å²) in [6.45, 7) is 6.66. The highest BCUT2D eigenvalue weighted by atomic mass is 16.5. The third kappa shape index (κ3) is 5.35. The first-order chi connectivity index (χ1) is 14.0. The summed E-state index contributed by atoms with van der Waals surface area (Å²) in [6, 6.07) is 15.1. The van der Waals surface area contributed by atoms with E-state index in [0.29, 0.717) is 18.1 Å². The van der Waals surface area contributed by atoms with Crippen molar-refractivity contribution in [3.8, 4) is 5.75 Å². The van der Waals surface area contributed by atoms with Crippen LogP contribution in [0.15, 0.2) is 48.5 Å². The summed E-state index contributed by atoms with van der Waals surface area (Å²) in [4.78, 5) is 16.5. The molecule has 29 heavy (non-hydrogen) atoms. The predicted octanol–water partition coefficient (Wildman–Crippen LogP) is 3.56. The zero-order chi connectivity index (χ0) is 20.8. The molecule has 3 rings (SSSR count). The van der Waals surface area contributed by atoms with E-state index < -0.39 is 0 Å². The number of benzene rings is 2. The van der Waals surface area contributed by atoms with E-state index in [2.05, 4.69) is 4.90 Å². The Hall–Kier alpha value is -2.86. The van der Waals surface area contributed by atoms with Gasteiger partial charge in [0, 0.05) is 36.9 Å². The Labute approximate surface area is 172 Å². The number of ether oxygens (including phenoxy) is 1. The molecule has 3 N–H and O–H groups in total. The van der Waals surface area contributed by atoms with Gasteiger partial charge >= 0.3 is 5.97 Å². The van der Waals surface area contributed by atoms with Crippen LogP contribution in [0.5, 0.6) is 5.75 Å². The molecule has 6 nitrogen and oxygen atoms in total. The monoisotopic (exact) mass is 394 g/mol. The summed E-state index contributed by atoms with van der Waals surface area (Å²) in [7, 11) is 0. The zero-order valence-corrected chi connectivity index (χ0v) is 17.2. The summed E-state index contributed by atoms with van der Waals surface area (Å²) < 4.78 is 5.52. The summed E-state index contributed by atoms with van der Waals surface area (Å²) in [5.41, 5.74) is 8.80. The summed E-state index contributed by atoms with van der Waals surface area (Å²) >= 11 is 0. The lowest BCUT2D eigenvalue weighted by molar-refractivity contribution is -0.132. The molecule has 1 unspecified atom stereocenters. The van der Waals surface area contributed by atoms with Crippen LogP contribution in [0.25, 0.3) is 0 Å².